The predicted molar refractivity (Wildman–Crippen MR) is 71.6 cm³/mol. The first-order valence-corrected chi connectivity index (χ1v) is 6.39. The SMILES string of the molecule is CC1(CNc2cc(-n3cnnn3)ccc2Cl)COC1. The van der Waals surface area contributed by atoms with Crippen LogP contribution in [0.4, 0.5) is 5.69 Å². The van der Waals surface area contributed by atoms with Crippen molar-refractivity contribution >= 4 is 17.3 Å². The van der Waals surface area contributed by atoms with Crippen LogP contribution in [0.2, 0.25) is 5.02 Å². The molecule has 2 heterocycles. The molecule has 1 aromatic carbocycles. The molecule has 0 saturated carbocycles. The van der Waals surface area contributed by atoms with Crippen molar-refractivity contribution in [2.24, 2.45) is 5.41 Å². The second-order valence-corrected chi connectivity index (χ2v) is 5.48. The minimum Gasteiger partial charge on any atom is -0.383 e. The first kappa shape index (κ1) is 12.4. The van der Waals surface area contributed by atoms with Crippen molar-refractivity contribution < 1.29 is 4.74 Å². The van der Waals surface area contributed by atoms with E-state index in [4.69, 9.17) is 16.3 Å². The summed E-state index contributed by atoms with van der Waals surface area (Å²) in [6.45, 7) is 4.57. The third-order valence-corrected chi connectivity index (χ3v) is 3.50. The molecule has 1 fully saturated rings. The lowest BCUT2D eigenvalue weighted by Crippen LogP contribution is -2.45. The molecule has 0 aliphatic carbocycles. The van der Waals surface area contributed by atoms with E-state index in [2.05, 4.69) is 27.8 Å². The van der Waals surface area contributed by atoms with E-state index < -0.39 is 0 Å². The van der Waals surface area contributed by atoms with Gasteiger partial charge in [0, 0.05) is 12.0 Å². The molecular formula is C12H14ClN5O. The Hall–Kier alpha value is -1.66. The normalized spacial score (nSPS) is 16.9. The highest BCUT2D eigenvalue weighted by Gasteiger charge is 2.33. The van der Waals surface area contributed by atoms with Crippen molar-refractivity contribution in [2.45, 2.75) is 6.92 Å². The zero-order valence-electron chi connectivity index (χ0n) is 10.5. The van der Waals surface area contributed by atoms with E-state index in [1.807, 2.05) is 18.2 Å². The lowest BCUT2D eigenvalue weighted by Gasteiger charge is -2.38. The van der Waals surface area contributed by atoms with Crippen LogP contribution in [-0.4, -0.2) is 40.0 Å². The van der Waals surface area contributed by atoms with E-state index in [0.717, 1.165) is 31.1 Å². The Morgan fingerprint density at radius 1 is 1.47 bits per heavy atom. The molecule has 7 heteroatoms. The number of nitrogens with one attached hydrogen (secondary N) is 1. The number of hydrogen-bond acceptors (Lipinski definition) is 5. The van der Waals surface area contributed by atoms with Crippen molar-refractivity contribution in [2.75, 3.05) is 25.1 Å². The van der Waals surface area contributed by atoms with Crippen LogP contribution in [0, 0.1) is 5.41 Å². The Kier molecular flexibility index (Phi) is 3.12. The smallest absolute Gasteiger partial charge is 0.143 e. The van der Waals surface area contributed by atoms with Gasteiger partial charge in [0.05, 0.1) is 29.6 Å². The van der Waals surface area contributed by atoms with Crippen LogP contribution >= 0.6 is 11.6 Å². The molecule has 0 radical (unpaired) electrons. The number of benzene rings is 1. The minimum atomic E-state index is 0.189. The average Bonchev–Trinajstić information content (AvgIpc) is 2.89. The molecule has 6 nitrogen and oxygen atoms in total. The molecule has 1 N–H and O–H groups in total. The molecule has 1 aliphatic rings. The van der Waals surface area contributed by atoms with Gasteiger partial charge in [0.1, 0.15) is 6.33 Å². The fourth-order valence-corrected chi connectivity index (χ4v) is 2.12. The van der Waals surface area contributed by atoms with Crippen molar-refractivity contribution in [3.05, 3.63) is 29.5 Å². The number of nitrogens with zero attached hydrogens (tertiary/aromatic N) is 4. The van der Waals surface area contributed by atoms with Crippen LogP contribution in [0.5, 0.6) is 0 Å². The second-order valence-electron chi connectivity index (χ2n) is 5.08. The summed E-state index contributed by atoms with van der Waals surface area (Å²) in [5.41, 5.74) is 1.93. The number of ether oxygens (including phenoxy) is 1. The number of hydrogen-bond donors (Lipinski definition) is 1. The fraction of sp³-hybridized carbons (Fsp3) is 0.417. The molecule has 0 unspecified atom stereocenters. The molecule has 19 heavy (non-hydrogen) atoms. The van der Waals surface area contributed by atoms with Gasteiger partial charge in [-0.05, 0) is 28.6 Å². The molecular weight excluding hydrogens is 266 g/mol. The van der Waals surface area contributed by atoms with Gasteiger partial charge in [-0.3, -0.25) is 0 Å². The van der Waals surface area contributed by atoms with Gasteiger partial charge < -0.3 is 10.1 Å². The molecule has 100 valence electrons. The zero-order valence-corrected chi connectivity index (χ0v) is 11.3. The number of halogens is 1. The topological polar surface area (TPSA) is 64.9 Å². The van der Waals surface area contributed by atoms with E-state index in [-0.39, 0.29) is 5.41 Å². The molecule has 3 rings (SSSR count). The standard InChI is InChI=1S/C12H14ClN5O/c1-12(6-19-7-12)5-14-11-4-9(2-3-10(11)13)18-8-15-16-17-18/h2-4,8,14H,5-7H2,1H3. The van der Waals surface area contributed by atoms with Gasteiger partial charge >= 0.3 is 0 Å². The summed E-state index contributed by atoms with van der Waals surface area (Å²) in [4.78, 5) is 0. The first-order valence-electron chi connectivity index (χ1n) is 6.01. The lowest BCUT2D eigenvalue weighted by atomic mass is 9.89. The maximum atomic E-state index is 6.19. The first-order chi connectivity index (χ1) is 9.16. The van der Waals surface area contributed by atoms with Gasteiger partial charge in [0.2, 0.25) is 0 Å². The number of tetrazole rings is 1. The van der Waals surface area contributed by atoms with E-state index in [9.17, 15) is 0 Å². The van der Waals surface area contributed by atoms with E-state index >= 15 is 0 Å². The van der Waals surface area contributed by atoms with Crippen LogP contribution in [-0.2, 0) is 4.74 Å². The van der Waals surface area contributed by atoms with Crippen molar-refractivity contribution in [1.82, 2.24) is 20.2 Å². The minimum absolute atomic E-state index is 0.189. The van der Waals surface area contributed by atoms with E-state index in [1.165, 1.54) is 0 Å². The summed E-state index contributed by atoms with van der Waals surface area (Å²) >= 11 is 6.19. The van der Waals surface area contributed by atoms with Crippen LogP contribution in [0.1, 0.15) is 6.92 Å². The molecule has 1 saturated heterocycles. The van der Waals surface area contributed by atoms with Gasteiger partial charge in [-0.25, -0.2) is 4.68 Å². The monoisotopic (exact) mass is 279 g/mol. The fourth-order valence-electron chi connectivity index (χ4n) is 1.93. The maximum Gasteiger partial charge on any atom is 0.143 e. The van der Waals surface area contributed by atoms with Crippen molar-refractivity contribution in [3.8, 4) is 5.69 Å². The van der Waals surface area contributed by atoms with Crippen LogP contribution in [0.3, 0.4) is 0 Å². The number of rotatable bonds is 4. The van der Waals surface area contributed by atoms with Gasteiger partial charge in [-0.1, -0.05) is 18.5 Å². The summed E-state index contributed by atoms with van der Waals surface area (Å²) in [7, 11) is 0. The Morgan fingerprint density at radius 2 is 2.32 bits per heavy atom. The Balaban J connectivity index is 1.78. The quantitative estimate of drug-likeness (QED) is 0.924. The van der Waals surface area contributed by atoms with Crippen molar-refractivity contribution in [1.29, 1.82) is 0 Å². The van der Waals surface area contributed by atoms with E-state index in [0.29, 0.717) is 5.02 Å². The molecule has 0 bridgehead atoms. The van der Waals surface area contributed by atoms with Gasteiger partial charge in [0.15, 0.2) is 0 Å². The van der Waals surface area contributed by atoms with Gasteiger partial charge in [-0.2, -0.15) is 0 Å². The Bertz CT molecular complexity index is 568. The highest BCUT2D eigenvalue weighted by Crippen LogP contribution is 2.29. The average molecular weight is 280 g/mol. The summed E-state index contributed by atoms with van der Waals surface area (Å²) in [6, 6.07) is 5.64. The third-order valence-electron chi connectivity index (χ3n) is 3.17. The Morgan fingerprint density at radius 3 is 2.95 bits per heavy atom. The molecule has 0 atom stereocenters. The summed E-state index contributed by atoms with van der Waals surface area (Å²) in [5, 5.41) is 15.1. The molecule has 1 aliphatic heterocycles. The van der Waals surface area contributed by atoms with Crippen LogP contribution < -0.4 is 5.32 Å². The molecule has 1 aromatic heterocycles. The largest absolute Gasteiger partial charge is 0.383 e. The van der Waals surface area contributed by atoms with E-state index in [1.54, 1.807) is 11.0 Å². The third kappa shape index (κ3) is 2.54. The lowest BCUT2D eigenvalue weighted by molar-refractivity contribution is -0.0924. The zero-order chi connectivity index (χ0) is 13.3. The van der Waals surface area contributed by atoms with Gasteiger partial charge in [0.25, 0.3) is 0 Å². The van der Waals surface area contributed by atoms with Crippen molar-refractivity contribution in [3.63, 3.8) is 0 Å². The Labute approximate surface area is 115 Å². The molecule has 2 aromatic rings. The highest BCUT2D eigenvalue weighted by atomic mass is 35.5. The van der Waals surface area contributed by atoms with Gasteiger partial charge in [-0.15, -0.1) is 5.10 Å². The summed E-state index contributed by atoms with van der Waals surface area (Å²) in [5.74, 6) is 0. The molecule has 0 amide bonds. The van der Waals surface area contributed by atoms with Crippen LogP contribution in [0.15, 0.2) is 24.5 Å². The predicted octanol–water partition coefficient (Wildman–Crippen LogP) is 1.76. The van der Waals surface area contributed by atoms with Crippen LogP contribution in [0.25, 0.3) is 5.69 Å². The second kappa shape index (κ2) is 4.79. The molecule has 0 spiro atoms. The summed E-state index contributed by atoms with van der Waals surface area (Å²) < 4.78 is 6.83. The highest BCUT2D eigenvalue weighted by molar-refractivity contribution is 6.33. The number of aromatic nitrogens is 4. The summed E-state index contributed by atoms with van der Waals surface area (Å²) in [6.07, 6.45) is 1.55. The maximum absolute atomic E-state index is 6.19. The number of anilines is 1.